The number of benzene rings is 2. The maximum absolute atomic E-state index is 13.8. The van der Waals surface area contributed by atoms with E-state index in [1.165, 1.54) is 12.1 Å². The zero-order valence-electron chi connectivity index (χ0n) is 17.3. The Kier molecular flexibility index (Phi) is 4.32. The number of imidazole rings is 1. The number of pyridine rings is 1. The molecule has 0 fully saturated rings. The third kappa shape index (κ3) is 3.24. The molecule has 0 saturated carbocycles. The largest absolute Gasteiger partial charge is 0.331 e. The van der Waals surface area contributed by atoms with Crippen LogP contribution in [0.25, 0.3) is 27.8 Å². The number of hydrogen-bond acceptors (Lipinski definition) is 3. The van der Waals surface area contributed by atoms with Gasteiger partial charge in [0.25, 0.3) is 5.91 Å². The van der Waals surface area contributed by atoms with Crippen molar-refractivity contribution in [2.45, 2.75) is 13.8 Å². The number of hydrogen-bond donors (Lipinski definition) is 1. The van der Waals surface area contributed by atoms with Crippen molar-refractivity contribution in [3.63, 3.8) is 0 Å². The molecule has 0 aliphatic heterocycles. The Balaban J connectivity index is 1.60. The summed E-state index contributed by atoms with van der Waals surface area (Å²) in [7, 11) is 1.95. The van der Waals surface area contributed by atoms with Crippen molar-refractivity contribution in [2.24, 2.45) is 7.05 Å². The van der Waals surface area contributed by atoms with Crippen LogP contribution >= 0.6 is 0 Å². The van der Waals surface area contributed by atoms with Crippen molar-refractivity contribution < 1.29 is 9.18 Å². The van der Waals surface area contributed by atoms with Crippen LogP contribution in [0.15, 0.2) is 60.8 Å². The number of amides is 1. The number of fused-ring (bicyclic) bond motifs is 2. The van der Waals surface area contributed by atoms with E-state index in [1.807, 2.05) is 55.8 Å². The van der Waals surface area contributed by atoms with E-state index in [9.17, 15) is 9.18 Å². The molecular weight excluding hydrogens is 393 g/mol. The van der Waals surface area contributed by atoms with Gasteiger partial charge in [-0.3, -0.25) is 9.36 Å². The topological polar surface area (TPSA) is 64.7 Å². The van der Waals surface area contributed by atoms with Crippen LogP contribution in [0.1, 0.15) is 21.9 Å². The molecule has 0 radical (unpaired) electrons. The van der Waals surface area contributed by atoms with Gasteiger partial charge in [-0.05, 0) is 74.0 Å². The van der Waals surface area contributed by atoms with Gasteiger partial charge in [-0.25, -0.2) is 14.4 Å². The number of anilines is 1. The lowest BCUT2D eigenvalue weighted by molar-refractivity contribution is 0.102. The molecule has 2 aromatic carbocycles. The predicted octanol–water partition coefficient (Wildman–Crippen LogP) is 4.92. The fourth-order valence-corrected chi connectivity index (χ4v) is 3.84. The van der Waals surface area contributed by atoms with Crippen LogP contribution in [0.5, 0.6) is 0 Å². The van der Waals surface area contributed by atoms with Crippen LogP contribution < -0.4 is 5.32 Å². The molecule has 0 saturated heterocycles. The molecule has 3 heterocycles. The average molecular weight is 413 g/mol. The summed E-state index contributed by atoms with van der Waals surface area (Å²) in [4.78, 5) is 22.2. The number of carbonyl (C=O) groups excluding carboxylic acids is 1. The first-order valence-corrected chi connectivity index (χ1v) is 9.89. The molecule has 0 aliphatic rings. The Bertz CT molecular complexity index is 1480. The van der Waals surface area contributed by atoms with E-state index in [4.69, 9.17) is 0 Å². The molecule has 154 valence electrons. The van der Waals surface area contributed by atoms with Crippen LogP contribution in [-0.4, -0.2) is 25.0 Å². The second kappa shape index (κ2) is 7.05. The summed E-state index contributed by atoms with van der Waals surface area (Å²) in [5.41, 5.74) is 4.52. The average Bonchev–Trinajstić information content (AvgIpc) is 3.25. The van der Waals surface area contributed by atoms with Crippen LogP contribution in [0.3, 0.4) is 0 Å². The molecule has 5 aromatic rings. The van der Waals surface area contributed by atoms with Gasteiger partial charge in [0.15, 0.2) is 0 Å². The van der Waals surface area contributed by atoms with Gasteiger partial charge in [-0.2, -0.15) is 0 Å². The molecule has 0 aliphatic carbocycles. The summed E-state index contributed by atoms with van der Waals surface area (Å²) >= 11 is 0. The van der Waals surface area contributed by atoms with Crippen molar-refractivity contribution in [2.75, 3.05) is 5.32 Å². The molecule has 7 heteroatoms. The fourth-order valence-electron chi connectivity index (χ4n) is 3.84. The molecule has 6 nitrogen and oxygen atoms in total. The number of halogens is 1. The molecule has 0 unspecified atom stereocenters. The van der Waals surface area contributed by atoms with Crippen LogP contribution in [-0.2, 0) is 7.05 Å². The SMILES string of the molecule is Cc1ccnc(-n2c(C(=O)Nc3ccc4c(c3)nc(C)n4C)cc3cc(F)ccc32)c1. The van der Waals surface area contributed by atoms with Gasteiger partial charge in [-0.15, -0.1) is 0 Å². The third-order valence-electron chi connectivity index (χ3n) is 5.49. The smallest absolute Gasteiger partial charge is 0.272 e. The highest BCUT2D eigenvalue weighted by Crippen LogP contribution is 2.26. The lowest BCUT2D eigenvalue weighted by Crippen LogP contribution is -2.16. The van der Waals surface area contributed by atoms with Gasteiger partial charge in [0.05, 0.1) is 16.6 Å². The fraction of sp³-hybridized carbons (Fsp3) is 0.125. The van der Waals surface area contributed by atoms with Crippen LogP contribution in [0, 0.1) is 19.7 Å². The normalized spacial score (nSPS) is 11.4. The number of nitrogens with zero attached hydrogens (tertiary/aromatic N) is 4. The summed E-state index contributed by atoms with van der Waals surface area (Å²) in [5, 5.41) is 3.58. The highest BCUT2D eigenvalue weighted by molar-refractivity contribution is 6.07. The highest BCUT2D eigenvalue weighted by atomic mass is 19.1. The van der Waals surface area contributed by atoms with E-state index in [-0.39, 0.29) is 11.7 Å². The highest BCUT2D eigenvalue weighted by Gasteiger charge is 2.19. The Morgan fingerprint density at radius 2 is 1.81 bits per heavy atom. The van der Waals surface area contributed by atoms with E-state index in [1.54, 1.807) is 22.9 Å². The first kappa shape index (κ1) is 19.0. The first-order chi connectivity index (χ1) is 14.9. The third-order valence-corrected chi connectivity index (χ3v) is 5.49. The van der Waals surface area contributed by atoms with Crippen LogP contribution in [0.4, 0.5) is 10.1 Å². The quantitative estimate of drug-likeness (QED) is 0.457. The Hall–Kier alpha value is -4.00. The Labute approximate surface area is 178 Å². The Morgan fingerprint density at radius 3 is 2.61 bits per heavy atom. The molecule has 0 atom stereocenters. The predicted molar refractivity (Wildman–Crippen MR) is 119 cm³/mol. The lowest BCUT2D eigenvalue weighted by Gasteiger charge is -2.11. The van der Waals surface area contributed by atoms with Gasteiger partial charge in [-0.1, -0.05) is 0 Å². The van der Waals surface area contributed by atoms with Gasteiger partial charge in [0.1, 0.15) is 23.2 Å². The molecule has 1 N–H and O–H groups in total. The summed E-state index contributed by atoms with van der Waals surface area (Å²) < 4.78 is 17.6. The van der Waals surface area contributed by atoms with E-state index in [0.29, 0.717) is 28.1 Å². The number of aromatic nitrogens is 4. The monoisotopic (exact) mass is 413 g/mol. The zero-order valence-corrected chi connectivity index (χ0v) is 17.3. The summed E-state index contributed by atoms with van der Waals surface area (Å²) in [6.45, 7) is 3.89. The Morgan fingerprint density at radius 1 is 1.00 bits per heavy atom. The van der Waals surface area contributed by atoms with Gasteiger partial charge < -0.3 is 9.88 Å². The van der Waals surface area contributed by atoms with Crippen molar-refractivity contribution in [3.8, 4) is 5.82 Å². The van der Waals surface area contributed by atoms with Gasteiger partial charge >= 0.3 is 0 Å². The minimum Gasteiger partial charge on any atom is -0.331 e. The number of aryl methyl sites for hydroxylation is 3. The summed E-state index contributed by atoms with van der Waals surface area (Å²) in [5.74, 6) is 0.824. The standard InChI is InChI=1S/C24H20FN5O/c1-14-8-9-26-23(10-14)30-20-6-4-17(25)11-16(20)12-22(30)24(31)28-18-5-7-21-19(13-18)27-15(2)29(21)3/h4-13H,1-3H3,(H,28,31). The molecule has 5 rings (SSSR count). The number of carbonyl (C=O) groups is 1. The molecule has 31 heavy (non-hydrogen) atoms. The minimum atomic E-state index is -0.357. The summed E-state index contributed by atoms with van der Waals surface area (Å²) in [6, 6.07) is 15.5. The van der Waals surface area contributed by atoms with Crippen LogP contribution in [0.2, 0.25) is 0 Å². The second-order valence-electron chi connectivity index (χ2n) is 7.64. The summed E-state index contributed by atoms with van der Waals surface area (Å²) in [6.07, 6.45) is 1.69. The number of nitrogens with one attached hydrogen (secondary N) is 1. The van der Waals surface area contributed by atoms with Crippen molar-refractivity contribution in [1.29, 1.82) is 0 Å². The first-order valence-electron chi connectivity index (χ1n) is 9.89. The van der Waals surface area contributed by atoms with Crippen molar-refractivity contribution in [1.82, 2.24) is 19.1 Å². The lowest BCUT2D eigenvalue weighted by atomic mass is 10.2. The van der Waals surface area contributed by atoms with E-state index in [2.05, 4.69) is 15.3 Å². The van der Waals surface area contributed by atoms with E-state index in [0.717, 1.165) is 22.4 Å². The minimum absolute atomic E-state index is 0.313. The molecular formula is C24H20FN5O. The van der Waals surface area contributed by atoms with Gasteiger partial charge in [0, 0.05) is 24.3 Å². The number of rotatable bonds is 3. The van der Waals surface area contributed by atoms with Gasteiger partial charge in [0.2, 0.25) is 0 Å². The van der Waals surface area contributed by atoms with E-state index < -0.39 is 0 Å². The zero-order chi connectivity index (χ0) is 21.7. The maximum Gasteiger partial charge on any atom is 0.272 e. The maximum atomic E-state index is 13.8. The second-order valence-corrected chi connectivity index (χ2v) is 7.64. The molecule has 0 bridgehead atoms. The molecule has 1 amide bonds. The van der Waals surface area contributed by atoms with Crippen molar-refractivity contribution in [3.05, 3.63) is 83.7 Å². The molecule has 0 spiro atoms. The van der Waals surface area contributed by atoms with E-state index >= 15 is 0 Å². The van der Waals surface area contributed by atoms with Crippen molar-refractivity contribution >= 4 is 33.5 Å². The molecule has 3 aromatic heterocycles.